The van der Waals surface area contributed by atoms with Crippen LogP contribution in [0.4, 0.5) is 4.39 Å². The molecule has 4 atom stereocenters. The largest absolute Gasteiger partial charge is 0.368 e. The Morgan fingerprint density at radius 2 is 2.06 bits per heavy atom. The Bertz CT molecular complexity index is 768. The average Bonchev–Trinajstić information content (AvgIpc) is 3.25. The third-order valence-corrected chi connectivity index (χ3v) is 8.62. The van der Waals surface area contributed by atoms with E-state index in [9.17, 15) is 18.8 Å². The first-order valence-corrected chi connectivity index (χ1v) is 13.6. The smallest absolute Gasteiger partial charge is 0.151 e. The van der Waals surface area contributed by atoms with Crippen LogP contribution in [0.5, 0.6) is 0 Å². The fraction of sp³-hybridized carbons (Fsp3) is 0.760. The number of hydrogen-bond acceptors (Lipinski definition) is 5. The fourth-order valence-corrected chi connectivity index (χ4v) is 6.63. The second kappa shape index (κ2) is 12.6. The third kappa shape index (κ3) is 7.99. The molecule has 0 bridgehead atoms. The molecule has 2 heterocycles. The molecule has 188 valence electrons. The van der Waals surface area contributed by atoms with E-state index in [-0.39, 0.29) is 24.2 Å². The van der Waals surface area contributed by atoms with Gasteiger partial charge in [-0.15, -0.1) is 0 Å². The summed E-state index contributed by atoms with van der Waals surface area (Å²) in [5.41, 5.74) is 4.84. The standard InChI is InChI=1S/C25H42FN3O3S/c1-18(2)15-28-17-22(14-27-28)21-5-4-6-24(13-21)33(32)29-16-20(9-12-25(30)31)8-11-23(26)10-7-19(29)3/h6,10,17-21,25,27,30-31H,4-5,7-9,11-16H2,1-3H3/b23-10+. The molecule has 33 heavy (non-hydrogen) atoms. The Morgan fingerprint density at radius 3 is 2.79 bits per heavy atom. The molecule has 3 aliphatic rings. The second-order valence-electron chi connectivity index (χ2n) is 10.3. The third-order valence-electron chi connectivity index (χ3n) is 6.90. The van der Waals surface area contributed by atoms with Crippen LogP contribution < -0.4 is 5.43 Å². The van der Waals surface area contributed by atoms with E-state index in [0.717, 1.165) is 37.3 Å². The van der Waals surface area contributed by atoms with Crippen molar-refractivity contribution in [1.29, 1.82) is 0 Å². The minimum absolute atomic E-state index is 0.0496. The van der Waals surface area contributed by atoms with Gasteiger partial charge in [0.05, 0.1) is 5.83 Å². The molecule has 0 amide bonds. The summed E-state index contributed by atoms with van der Waals surface area (Å²) in [5, 5.41) is 20.8. The maximum absolute atomic E-state index is 14.2. The van der Waals surface area contributed by atoms with Crippen LogP contribution in [0, 0.1) is 17.8 Å². The highest BCUT2D eigenvalue weighted by Gasteiger charge is 2.31. The van der Waals surface area contributed by atoms with Crippen molar-refractivity contribution in [3.05, 3.63) is 34.7 Å². The lowest BCUT2D eigenvalue weighted by molar-refractivity contribution is -0.0494. The minimum Gasteiger partial charge on any atom is -0.368 e. The average molecular weight is 484 g/mol. The van der Waals surface area contributed by atoms with Crippen molar-refractivity contribution in [2.45, 2.75) is 84.5 Å². The maximum Gasteiger partial charge on any atom is 0.151 e. The number of hydrazine groups is 1. The Hall–Kier alpha value is -1.06. The second-order valence-corrected chi connectivity index (χ2v) is 11.8. The van der Waals surface area contributed by atoms with Crippen LogP contribution >= 0.6 is 0 Å². The molecule has 0 aromatic carbocycles. The van der Waals surface area contributed by atoms with E-state index in [1.165, 1.54) is 5.57 Å². The van der Waals surface area contributed by atoms with Crippen molar-refractivity contribution in [1.82, 2.24) is 14.7 Å². The quantitative estimate of drug-likeness (QED) is 0.453. The number of allylic oxidation sites excluding steroid dienone is 3. The zero-order valence-electron chi connectivity index (χ0n) is 20.4. The van der Waals surface area contributed by atoms with E-state index in [2.05, 4.69) is 36.6 Å². The summed E-state index contributed by atoms with van der Waals surface area (Å²) in [7, 11) is -1.28. The molecular formula is C25H42FN3O3S. The molecule has 0 spiro atoms. The van der Waals surface area contributed by atoms with Gasteiger partial charge < -0.3 is 15.2 Å². The number of hydrogen-bond donors (Lipinski definition) is 3. The number of halogens is 1. The van der Waals surface area contributed by atoms with Gasteiger partial charge in [-0.25, -0.2) is 18.3 Å². The van der Waals surface area contributed by atoms with Crippen LogP contribution in [0.2, 0.25) is 0 Å². The van der Waals surface area contributed by atoms with E-state index in [4.69, 9.17) is 0 Å². The normalized spacial score (nSPS) is 30.4. The summed E-state index contributed by atoms with van der Waals surface area (Å²) >= 11 is 0. The van der Waals surface area contributed by atoms with Gasteiger partial charge in [0.15, 0.2) is 6.29 Å². The molecule has 0 saturated heterocycles. The zero-order valence-corrected chi connectivity index (χ0v) is 21.2. The molecule has 0 radical (unpaired) electrons. The van der Waals surface area contributed by atoms with E-state index in [1.807, 2.05) is 11.2 Å². The molecule has 4 unspecified atom stereocenters. The number of aliphatic hydroxyl groups is 2. The summed E-state index contributed by atoms with van der Waals surface area (Å²) < 4.78 is 30.0. The molecule has 8 heteroatoms. The fourth-order valence-electron chi connectivity index (χ4n) is 4.97. The molecule has 0 aromatic heterocycles. The number of aliphatic hydroxyl groups excluding tert-OH is 1. The minimum atomic E-state index is -1.36. The molecule has 3 rings (SSSR count). The summed E-state index contributed by atoms with van der Waals surface area (Å²) in [4.78, 5) is 0.978. The van der Waals surface area contributed by atoms with Crippen LogP contribution in [-0.4, -0.2) is 55.7 Å². The Balaban J connectivity index is 1.70. The van der Waals surface area contributed by atoms with Gasteiger partial charge >= 0.3 is 0 Å². The topological polar surface area (TPSA) is 76.0 Å². The van der Waals surface area contributed by atoms with Gasteiger partial charge in [0.2, 0.25) is 0 Å². The summed E-state index contributed by atoms with van der Waals surface area (Å²) in [6, 6.07) is -0.0496. The molecule has 6 nitrogen and oxygen atoms in total. The van der Waals surface area contributed by atoms with Crippen LogP contribution in [-0.2, 0) is 11.0 Å². The zero-order chi connectivity index (χ0) is 24.0. The van der Waals surface area contributed by atoms with Crippen molar-refractivity contribution < 1.29 is 18.8 Å². The number of rotatable bonds is 8. The van der Waals surface area contributed by atoms with Crippen LogP contribution in [0.3, 0.4) is 0 Å². The number of nitrogens with zero attached hydrogens (tertiary/aromatic N) is 2. The lowest BCUT2D eigenvalue weighted by atomic mass is 9.88. The summed E-state index contributed by atoms with van der Waals surface area (Å²) in [5.74, 6) is 0.928. The Kier molecular flexibility index (Phi) is 10.1. The van der Waals surface area contributed by atoms with E-state index >= 15 is 0 Å². The monoisotopic (exact) mass is 483 g/mol. The van der Waals surface area contributed by atoms with Crippen LogP contribution in [0.1, 0.15) is 72.1 Å². The van der Waals surface area contributed by atoms with Crippen molar-refractivity contribution in [2.75, 3.05) is 19.6 Å². The first-order valence-electron chi connectivity index (χ1n) is 12.5. The highest BCUT2D eigenvalue weighted by molar-refractivity contribution is 7.86. The number of nitrogens with one attached hydrogen (secondary N) is 1. The molecule has 0 saturated carbocycles. The molecule has 1 aliphatic carbocycles. The first kappa shape index (κ1) is 26.5. The van der Waals surface area contributed by atoms with Crippen LogP contribution in [0.25, 0.3) is 0 Å². The van der Waals surface area contributed by atoms with Gasteiger partial charge in [-0.2, -0.15) is 0 Å². The maximum atomic E-state index is 14.2. The lowest BCUT2D eigenvalue weighted by Gasteiger charge is -2.33. The predicted octanol–water partition coefficient (Wildman–Crippen LogP) is 4.13. The summed E-state index contributed by atoms with van der Waals surface area (Å²) in [6.07, 6.45) is 9.79. The molecule has 0 aromatic rings. The summed E-state index contributed by atoms with van der Waals surface area (Å²) in [6.45, 7) is 8.84. The van der Waals surface area contributed by atoms with Gasteiger partial charge in [-0.1, -0.05) is 26.0 Å². The van der Waals surface area contributed by atoms with Crippen molar-refractivity contribution in [3.8, 4) is 0 Å². The van der Waals surface area contributed by atoms with E-state index in [0.29, 0.717) is 44.1 Å². The van der Waals surface area contributed by atoms with E-state index in [1.54, 1.807) is 6.08 Å². The molecule has 0 fully saturated rings. The van der Waals surface area contributed by atoms with Gasteiger partial charge in [0.1, 0.15) is 11.0 Å². The van der Waals surface area contributed by atoms with Gasteiger partial charge in [-0.3, -0.25) is 0 Å². The SMILES string of the molecule is CC(C)CN1C=C(C2CCC=C(S(=O)N3CC(CCC(O)O)CC/C(F)=C\CC3C)C2)CN1. The van der Waals surface area contributed by atoms with Crippen LogP contribution in [0.15, 0.2) is 34.7 Å². The predicted molar refractivity (Wildman–Crippen MR) is 131 cm³/mol. The van der Waals surface area contributed by atoms with Crippen molar-refractivity contribution >= 4 is 11.0 Å². The van der Waals surface area contributed by atoms with Gasteiger partial charge in [0.25, 0.3) is 0 Å². The van der Waals surface area contributed by atoms with Crippen molar-refractivity contribution in [3.63, 3.8) is 0 Å². The highest BCUT2D eigenvalue weighted by atomic mass is 32.2. The highest BCUT2D eigenvalue weighted by Crippen LogP contribution is 2.35. The Morgan fingerprint density at radius 1 is 1.27 bits per heavy atom. The Labute approximate surface area is 201 Å². The van der Waals surface area contributed by atoms with E-state index < -0.39 is 17.3 Å². The lowest BCUT2D eigenvalue weighted by Crippen LogP contribution is -2.39. The van der Waals surface area contributed by atoms with Gasteiger partial charge in [0, 0.05) is 36.8 Å². The molecular weight excluding hydrogens is 441 g/mol. The first-order chi connectivity index (χ1) is 15.7. The van der Waals surface area contributed by atoms with Gasteiger partial charge in [-0.05, 0) is 81.6 Å². The van der Waals surface area contributed by atoms with Crippen molar-refractivity contribution in [2.24, 2.45) is 17.8 Å². The molecule has 3 N–H and O–H groups in total. The molecule has 2 aliphatic heterocycles.